The zero-order chi connectivity index (χ0) is 26.3. The molecule has 11 heteroatoms. The fraction of sp³-hybridized carbons (Fsp3) is 0.200. The first-order valence-electron chi connectivity index (χ1n) is 10.9. The zero-order valence-electron chi connectivity index (χ0n) is 20.1. The van der Waals surface area contributed by atoms with E-state index in [1.54, 1.807) is 43.5 Å². The Morgan fingerprint density at radius 3 is 2.22 bits per heavy atom. The lowest BCUT2D eigenvalue weighted by Gasteiger charge is -2.13. The smallest absolute Gasteiger partial charge is 0.261 e. The Bertz CT molecular complexity index is 1340. The molecule has 0 saturated carbocycles. The van der Waals surface area contributed by atoms with Crippen LogP contribution in [0, 0.1) is 13.8 Å². The number of benzene rings is 3. The van der Waals surface area contributed by atoms with Gasteiger partial charge in [-0.05, 0) is 85.7 Å². The number of methoxy groups -OCH3 is 1. The highest BCUT2D eigenvalue weighted by Gasteiger charge is 2.15. The van der Waals surface area contributed by atoms with Crippen molar-refractivity contribution in [3.05, 3.63) is 77.4 Å². The van der Waals surface area contributed by atoms with Gasteiger partial charge >= 0.3 is 0 Å². The molecular formula is C25H26BN3O5S2. The second kappa shape index (κ2) is 12.0. The van der Waals surface area contributed by atoms with Crippen molar-refractivity contribution in [3.8, 4) is 5.75 Å². The number of carbonyl (C=O) groups is 1. The van der Waals surface area contributed by atoms with Gasteiger partial charge in [0.2, 0.25) is 0 Å². The Morgan fingerprint density at radius 2 is 1.61 bits per heavy atom. The molecule has 0 fully saturated rings. The molecule has 0 unspecified atom stereocenters. The monoisotopic (exact) mass is 523 g/mol. The summed E-state index contributed by atoms with van der Waals surface area (Å²) in [4.78, 5) is 12.6. The number of sulfonamides is 1. The van der Waals surface area contributed by atoms with E-state index in [0.29, 0.717) is 41.4 Å². The standard InChI is InChI=1S/C25H26BN3O5S2/c1-16-12-17(2)14-20(13-16)29-36(31,32)21-7-5-19(6-8-21)27-25(35)28-24(30)18-4-9-23(22(26)15-18)34-11-10-33-3/h4-9,12-15,29H,10-11H2,1-3H3,(H2,27,28,30,35). The first kappa shape index (κ1) is 27.2. The van der Waals surface area contributed by atoms with Crippen LogP contribution in [-0.2, 0) is 14.8 Å². The average Bonchev–Trinajstić information content (AvgIpc) is 2.79. The summed E-state index contributed by atoms with van der Waals surface area (Å²) in [6.45, 7) is 4.55. The molecule has 0 aliphatic carbocycles. The molecule has 3 rings (SSSR count). The number of ether oxygens (including phenoxy) is 2. The van der Waals surface area contributed by atoms with Gasteiger partial charge < -0.3 is 14.8 Å². The minimum atomic E-state index is -3.77. The maximum Gasteiger partial charge on any atom is 0.261 e. The maximum absolute atomic E-state index is 12.7. The number of thiocarbonyl (C=S) groups is 1. The van der Waals surface area contributed by atoms with Crippen LogP contribution < -0.4 is 25.6 Å². The van der Waals surface area contributed by atoms with Gasteiger partial charge in [0, 0.05) is 24.0 Å². The van der Waals surface area contributed by atoms with Crippen LogP contribution in [0.1, 0.15) is 21.5 Å². The van der Waals surface area contributed by atoms with Crippen molar-refractivity contribution in [2.45, 2.75) is 18.7 Å². The number of aryl methyl sites for hydroxylation is 2. The first-order chi connectivity index (χ1) is 17.1. The molecule has 0 atom stereocenters. The van der Waals surface area contributed by atoms with Crippen molar-refractivity contribution in [1.29, 1.82) is 0 Å². The molecule has 0 aromatic heterocycles. The highest BCUT2D eigenvalue weighted by molar-refractivity contribution is 7.92. The number of hydrogen-bond donors (Lipinski definition) is 3. The predicted octanol–water partition coefficient (Wildman–Crippen LogP) is 3.05. The molecule has 0 bridgehead atoms. The Morgan fingerprint density at radius 1 is 0.944 bits per heavy atom. The molecule has 2 radical (unpaired) electrons. The van der Waals surface area contributed by atoms with E-state index in [9.17, 15) is 13.2 Å². The molecule has 0 saturated heterocycles. The lowest BCUT2D eigenvalue weighted by atomic mass is 9.93. The average molecular weight is 523 g/mol. The number of hydrogen-bond acceptors (Lipinski definition) is 6. The normalized spacial score (nSPS) is 11.0. The van der Waals surface area contributed by atoms with Crippen molar-refractivity contribution in [2.24, 2.45) is 0 Å². The summed E-state index contributed by atoms with van der Waals surface area (Å²) in [6.07, 6.45) is 0. The Balaban J connectivity index is 1.59. The van der Waals surface area contributed by atoms with Gasteiger partial charge in [-0.1, -0.05) is 17.6 Å². The molecule has 3 aromatic carbocycles. The fourth-order valence-electron chi connectivity index (χ4n) is 3.36. The van der Waals surface area contributed by atoms with Gasteiger partial charge in [-0.3, -0.25) is 14.8 Å². The number of anilines is 2. The first-order valence-corrected chi connectivity index (χ1v) is 12.8. The van der Waals surface area contributed by atoms with E-state index in [1.165, 1.54) is 18.2 Å². The molecule has 0 aliphatic rings. The topological polar surface area (TPSA) is 106 Å². The van der Waals surface area contributed by atoms with E-state index >= 15 is 0 Å². The summed E-state index contributed by atoms with van der Waals surface area (Å²) < 4.78 is 38.5. The van der Waals surface area contributed by atoms with Crippen LogP contribution in [-0.4, -0.2) is 47.6 Å². The van der Waals surface area contributed by atoms with E-state index in [0.717, 1.165) is 11.1 Å². The molecule has 186 valence electrons. The van der Waals surface area contributed by atoms with Gasteiger partial charge in [-0.25, -0.2) is 8.42 Å². The summed E-state index contributed by atoms with van der Waals surface area (Å²) >= 11 is 5.22. The van der Waals surface area contributed by atoms with Crippen LogP contribution in [0.5, 0.6) is 5.75 Å². The van der Waals surface area contributed by atoms with Crippen molar-refractivity contribution >= 4 is 57.9 Å². The van der Waals surface area contributed by atoms with Gasteiger partial charge in [0.15, 0.2) is 5.11 Å². The summed E-state index contributed by atoms with van der Waals surface area (Å²) in [6, 6.07) is 16.1. The molecule has 3 aromatic rings. The largest absolute Gasteiger partial charge is 0.492 e. The van der Waals surface area contributed by atoms with Gasteiger partial charge in [0.25, 0.3) is 15.9 Å². The van der Waals surface area contributed by atoms with Crippen LogP contribution in [0.2, 0.25) is 0 Å². The third-order valence-electron chi connectivity index (χ3n) is 4.94. The predicted molar refractivity (Wildman–Crippen MR) is 146 cm³/mol. The van der Waals surface area contributed by atoms with E-state index in [4.69, 9.17) is 29.5 Å². The van der Waals surface area contributed by atoms with Crippen LogP contribution >= 0.6 is 12.2 Å². The molecular weight excluding hydrogens is 497 g/mol. The Kier molecular flexibility index (Phi) is 9.08. The molecule has 1 amide bonds. The van der Waals surface area contributed by atoms with Crippen molar-refractivity contribution in [1.82, 2.24) is 5.32 Å². The maximum atomic E-state index is 12.7. The molecule has 8 nitrogen and oxygen atoms in total. The highest BCUT2D eigenvalue weighted by atomic mass is 32.2. The van der Waals surface area contributed by atoms with E-state index in [1.807, 2.05) is 19.9 Å². The van der Waals surface area contributed by atoms with Crippen LogP contribution in [0.4, 0.5) is 11.4 Å². The second-order valence-corrected chi connectivity index (χ2v) is 10.1. The molecule has 0 aliphatic heterocycles. The van der Waals surface area contributed by atoms with Crippen LogP contribution in [0.3, 0.4) is 0 Å². The fourth-order valence-corrected chi connectivity index (χ4v) is 4.61. The van der Waals surface area contributed by atoms with Crippen molar-refractivity contribution < 1.29 is 22.7 Å². The minimum absolute atomic E-state index is 0.0444. The third-order valence-corrected chi connectivity index (χ3v) is 6.54. The van der Waals surface area contributed by atoms with Gasteiger partial charge in [0.1, 0.15) is 20.2 Å². The quantitative estimate of drug-likeness (QED) is 0.225. The van der Waals surface area contributed by atoms with Crippen molar-refractivity contribution in [2.75, 3.05) is 30.4 Å². The number of carbonyl (C=O) groups excluding carboxylic acids is 1. The minimum Gasteiger partial charge on any atom is -0.492 e. The zero-order valence-corrected chi connectivity index (χ0v) is 21.8. The molecule has 0 spiro atoms. The summed E-state index contributed by atoms with van der Waals surface area (Å²) in [5.41, 5.74) is 3.52. The summed E-state index contributed by atoms with van der Waals surface area (Å²) in [5, 5.41) is 5.47. The van der Waals surface area contributed by atoms with Gasteiger partial charge in [0.05, 0.1) is 11.5 Å². The van der Waals surface area contributed by atoms with Crippen LogP contribution in [0.25, 0.3) is 0 Å². The second-order valence-electron chi connectivity index (χ2n) is 8.01. The number of nitrogens with one attached hydrogen (secondary N) is 3. The lowest BCUT2D eigenvalue weighted by molar-refractivity contribution is 0.0977. The van der Waals surface area contributed by atoms with Crippen molar-refractivity contribution in [3.63, 3.8) is 0 Å². The number of amides is 1. The van der Waals surface area contributed by atoms with Gasteiger partial charge in [-0.15, -0.1) is 0 Å². The lowest BCUT2D eigenvalue weighted by Crippen LogP contribution is -2.34. The SMILES string of the molecule is [B]c1cc(C(=O)NC(=S)Nc2ccc(S(=O)(=O)Nc3cc(C)cc(C)c3)cc2)ccc1OCCOC. The number of rotatable bonds is 9. The van der Waals surface area contributed by atoms with E-state index in [2.05, 4.69) is 15.4 Å². The summed E-state index contributed by atoms with van der Waals surface area (Å²) in [7, 11) is 3.76. The Labute approximate surface area is 217 Å². The summed E-state index contributed by atoms with van der Waals surface area (Å²) in [5.74, 6) is -0.00847. The van der Waals surface area contributed by atoms with E-state index in [-0.39, 0.29) is 10.0 Å². The highest BCUT2D eigenvalue weighted by Crippen LogP contribution is 2.20. The molecule has 0 heterocycles. The Hall–Kier alpha value is -3.41. The van der Waals surface area contributed by atoms with Crippen LogP contribution in [0.15, 0.2) is 65.6 Å². The molecule has 36 heavy (non-hydrogen) atoms. The third kappa shape index (κ3) is 7.55. The van der Waals surface area contributed by atoms with E-state index < -0.39 is 15.9 Å². The van der Waals surface area contributed by atoms with Gasteiger partial charge in [-0.2, -0.15) is 0 Å². The molecule has 3 N–H and O–H groups in total.